The molecule has 0 aliphatic heterocycles. The summed E-state index contributed by atoms with van der Waals surface area (Å²) in [5, 5.41) is 2.59. The van der Waals surface area contributed by atoms with Gasteiger partial charge in [-0.2, -0.15) is 0 Å². The Morgan fingerprint density at radius 1 is 1.08 bits per heavy atom. The summed E-state index contributed by atoms with van der Waals surface area (Å²) in [7, 11) is -2.96. The molecule has 0 aliphatic rings. The van der Waals surface area contributed by atoms with Crippen LogP contribution in [0.2, 0.25) is 0 Å². The molecule has 0 aliphatic carbocycles. The quantitative estimate of drug-likeness (QED) is 0.900. The summed E-state index contributed by atoms with van der Waals surface area (Å²) in [6, 6.07) is 5.63. The van der Waals surface area contributed by atoms with Crippen LogP contribution in [0.3, 0.4) is 0 Å². The van der Waals surface area contributed by atoms with Crippen molar-refractivity contribution in [1.82, 2.24) is 0 Å². The minimum absolute atomic E-state index is 0.0206. The molecule has 0 saturated carbocycles. The second-order valence-electron chi connectivity index (χ2n) is 5.69. The first-order valence-corrected chi connectivity index (χ1v) is 8.81. The lowest BCUT2D eigenvalue weighted by Gasteiger charge is -2.23. The van der Waals surface area contributed by atoms with Gasteiger partial charge >= 0.3 is 0 Å². The Morgan fingerprint density at radius 3 is 2.16 bits per heavy atom. The van der Waals surface area contributed by atoms with Crippen molar-refractivity contribution in [3.8, 4) is 0 Å². The van der Waals surface area contributed by atoms with E-state index < -0.39 is 21.7 Å². The molecule has 0 saturated heterocycles. The summed E-state index contributed by atoms with van der Waals surface area (Å²) < 4.78 is 53.9. The first-order chi connectivity index (χ1) is 11.5. The van der Waals surface area contributed by atoms with E-state index in [4.69, 9.17) is 0 Å². The van der Waals surface area contributed by atoms with Crippen LogP contribution in [0.4, 0.5) is 20.2 Å². The highest BCUT2D eigenvalue weighted by molar-refractivity contribution is 7.92. The lowest BCUT2D eigenvalue weighted by molar-refractivity contribution is -0.114. The number of amides is 1. The number of aryl methyl sites for hydroxylation is 2. The van der Waals surface area contributed by atoms with E-state index in [1.165, 1.54) is 19.1 Å². The molecule has 5 nitrogen and oxygen atoms in total. The van der Waals surface area contributed by atoms with Gasteiger partial charge in [-0.05, 0) is 49.2 Å². The van der Waals surface area contributed by atoms with Crippen molar-refractivity contribution in [2.45, 2.75) is 25.7 Å². The van der Waals surface area contributed by atoms with E-state index in [-0.39, 0.29) is 16.5 Å². The van der Waals surface area contributed by atoms with Crippen LogP contribution in [0.15, 0.2) is 35.2 Å². The molecule has 0 fully saturated rings. The van der Waals surface area contributed by atoms with E-state index in [2.05, 4.69) is 5.32 Å². The fourth-order valence-corrected chi connectivity index (χ4v) is 4.23. The van der Waals surface area contributed by atoms with Gasteiger partial charge in [0.1, 0.15) is 11.6 Å². The maximum absolute atomic E-state index is 14.0. The Balaban J connectivity index is 2.56. The topological polar surface area (TPSA) is 66.5 Å². The largest absolute Gasteiger partial charge is 0.326 e. The molecule has 2 aromatic carbocycles. The number of carbonyl (C=O) groups excluding carboxylic acids is 1. The summed E-state index contributed by atoms with van der Waals surface area (Å²) in [5.74, 6) is -1.88. The summed E-state index contributed by atoms with van der Waals surface area (Å²) in [5.41, 5.74) is 0.839. The number of hydrogen-bond donors (Lipinski definition) is 1. The molecule has 0 spiro atoms. The SMILES string of the molecule is CC(=O)Nc1cc(C)c(S(=O)(=O)N(C)c2cc(F)ccc2F)c(C)c1. The van der Waals surface area contributed by atoms with Gasteiger partial charge in [0, 0.05) is 25.7 Å². The zero-order valence-electron chi connectivity index (χ0n) is 14.2. The molecular formula is C17H18F2N2O3S. The van der Waals surface area contributed by atoms with Crippen molar-refractivity contribution >= 4 is 27.3 Å². The fourth-order valence-electron chi connectivity index (χ4n) is 2.63. The average molecular weight is 368 g/mol. The first-order valence-electron chi connectivity index (χ1n) is 7.37. The van der Waals surface area contributed by atoms with Gasteiger partial charge in [0.25, 0.3) is 10.0 Å². The highest BCUT2D eigenvalue weighted by Crippen LogP contribution is 2.30. The Hall–Kier alpha value is -2.48. The molecule has 134 valence electrons. The van der Waals surface area contributed by atoms with Crippen molar-refractivity contribution in [1.29, 1.82) is 0 Å². The van der Waals surface area contributed by atoms with E-state index in [0.717, 1.165) is 25.2 Å². The van der Waals surface area contributed by atoms with Crippen LogP contribution >= 0.6 is 0 Å². The lowest BCUT2D eigenvalue weighted by Crippen LogP contribution is -2.29. The summed E-state index contributed by atoms with van der Waals surface area (Å²) >= 11 is 0. The van der Waals surface area contributed by atoms with Crippen molar-refractivity contribution in [3.05, 3.63) is 53.1 Å². The van der Waals surface area contributed by atoms with Gasteiger partial charge in [0.05, 0.1) is 10.6 Å². The van der Waals surface area contributed by atoms with E-state index in [9.17, 15) is 22.0 Å². The monoisotopic (exact) mass is 368 g/mol. The Labute approximate surface area is 145 Å². The van der Waals surface area contributed by atoms with Crippen molar-refractivity contribution in [3.63, 3.8) is 0 Å². The normalized spacial score (nSPS) is 11.3. The number of sulfonamides is 1. The van der Waals surface area contributed by atoms with Gasteiger partial charge in [-0.15, -0.1) is 0 Å². The van der Waals surface area contributed by atoms with E-state index in [1.807, 2.05) is 0 Å². The van der Waals surface area contributed by atoms with Gasteiger partial charge < -0.3 is 5.32 Å². The van der Waals surface area contributed by atoms with E-state index >= 15 is 0 Å². The number of anilines is 2. The Morgan fingerprint density at radius 2 is 1.64 bits per heavy atom. The zero-order valence-corrected chi connectivity index (χ0v) is 15.0. The standard InChI is InChI=1S/C17H18F2N2O3S/c1-10-7-14(20-12(3)22)8-11(2)17(10)25(23,24)21(4)16-9-13(18)5-6-15(16)19/h5-9H,1-4H3,(H,20,22). The minimum Gasteiger partial charge on any atom is -0.326 e. The van der Waals surface area contributed by atoms with Crippen LogP contribution in [0.25, 0.3) is 0 Å². The number of rotatable bonds is 4. The predicted molar refractivity (Wildman–Crippen MR) is 92.2 cm³/mol. The highest BCUT2D eigenvalue weighted by atomic mass is 32.2. The molecule has 25 heavy (non-hydrogen) atoms. The molecule has 0 atom stereocenters. The molecule has 2 rings (SSSR count). The van der Waals surface area contributed by atoms with E-state index in [1.54, 1.807) is 13.8 Å². The van der Waals surface area contributed by atoms with Crippen molar-refractivity contribution in [2.75, 3.05) is 16.7 Å². The van der Waals surface area contributed by atoms with Crippen LogP contribution in [-0.2, 0) is 14.8 Å². The van der Waals surface area contributed by atoms with Crippen LogP contribution in [0, 0.1) is 25.5 Å². The molecule has 0 bridgehead atoms. The smallest absolute Gasteiger partial charge is 0.264 e. The third kappa shape index (κ3) is 3.79. The minimum atomic E-state index is -4.12. The van der Waals surface area contributed by atoms with Gasteiger partial charge in [-0.1, -0.05) is 0 Å². The molecule has 0 radical (unpaired) electrons. The van der Waals surface area contributed by atoms with Crippen molar-refractivity contribution < 1.29 is 22.0 Å². The summed E-state index contributed by atoms with van der Waals surface area (Å²) in [4.78, 5) is 11.1. The van der Waals surface area contributed by atoms with Gasteiger partial charge in [0.2, 0.25) is 5.91 Å². The summed E-state index contributed by atoms with van der Waals surface area (Å²) in [6.07, 6.45) is 0. The van der Waals surface area contributed by atoms with Gasteiger partial charge in [-0.3, -0.25) is 9.10 Å². The van der Waals surface area contributed by atoms with E-state index in [0.29, 0.717) is 21.1 Å². The molecule has 0 aromatic heterocycles. The van der Waals surface area contributed by atoms with Crippen LogP contribution in [0.1, 0.15) is 18.1 Å². The molecule has 1 amide bonds. The first kappa shape index (κ1) is 18.9. The van der Waals surface area contributed by atoms with Gasteiger partial charge in [-0.25, -0.2) is 17.2 Å². The molecule has 1 N–H and O–H groups in total. The van der Waals surface area contributed by atoms with Crippen LogP contribution in [0.5, 0.6) is 0 Å². The number of halogens is 2. The second kappa shape index (κ2) is 6.79. The second-order valence-corrected chi connectivity index (χ2v) is 7.59. The highest BCUT2D eigenvalue weighted by Gasteiger charge is 2.27. The zero-order chi connectivity index (χ0) is 18.9. The maximum Gasteiger partial charge on any atom is 0.264 e. The third-order valence-electron chi connectivity index (χ3n) is 3.65. The Bertz CT molecular complexity index is 920. The number of carbonyl (C=O) groups is 1. The molecular weight excluding hydrogens is 350 g/mol. The molecule has 0 unspecified atom stereocenters. The number of nitrogens with one attached hydrogen (secondary N) is 1. The Kier molecular flexibility index (Phi) is 5.12. The van der Waals surface area contributed by atoms with Crippen LogP contribution in [-0.4, -0.2) is 21.4 Å². The summed E-state index contributed by atoms with van der Waals surface area (Å²) in [6.45, 7) is 4.48. The maximum atomic E-state index is 14.0. The fraction of sp³-hybridized carbons (Fsp3) is 0.235. The molecule has 0 heterocycles. The number of nitrogens with zero attached hydrogens (tertiary/aromatic N) is 1. The van der Waals surface area contributed by atoms with Crippen LogP contribution < -0.4 is 9.62 Å². The number of benzene rings is 2. The third-order valence-corrected chi connectivity index (χ3v) is 5.72. The molecule has 2 aromatic rings. The predicted octanol–water partition coefficient (Wildman–Crippen LogP) is 3.37. The van der Waals surface area contributed by atoms with Crippen molar-refractivity contribution in [2.24, 2.45) is 0 Å². The van der Waals surface area contributed by atoms with Gasteiger partial charge in [0.15, 0.2) is 0 Å². The average Bonchev–Trinajstić information content (AvgIpc) is 2.47. The molecule has 8 heteroatoms. The number of hydrogen-bond acceptors (Lipinski definition) is 3. The lowest BCUT2D eigenvalue weighted by atomic mass is 10.1.